The van der Waals surface area contributed by atoms with E-state index in [1.54, 1.807) is 14.2 Å². The lowest BCUT2D eigenvalue weighted by Gasteiger charge is -2.36. The van der Waals surface area contributed by atoms with Crippen molar-refractivity contribution in [2.75, 3.05) is 47.0 Å². The van der Waals surface area contributed by atoms with Gasteiger partial charge in [-0.25, -0.2) is 0 Å². The Morgan fingerprint density at radius 2 is 1.80 bits per heavy atom. The third-order valence-corrected chi connectivity index (χ3v) is 7.00. The first-order chi connectivity index (χ1) is 14.7. The lowest BCUT2D eigenvalue weighted by molar-refractivity contribution is 0.0705. The number of hydrogen-bond acceptors (Lipinski definition) is 5. The van der Waals surface area contributed by atoms with E-state index in [-0.39, 0.29) is 12.0 Å². The van der Waals surface area contributed by atoms with Gasteiger partial charge in [0, 0.05) is 45.2 Å². The summed E-state index contributed by atoms with van der Waals surface area (Å²) in [6, 6.07) is 6.39. The van der Waals surface area contributed by atoms with Gasteiger partial charge in [0.1, 0.15) is 17.6 Å². The van der Waals surface area contributed by atoms with Crippen LogP contribution in [0.5, 0.6) is 11.5 Å². The van der Waals surface area contributed by atoms with Crippen LogP contribution >= 0.6 is 0 Å². The summed E-state index contributed by atoms with van der Waals surface area (Å²) in [7, 11) is 3.35. The van der Waals surface area contributed by atoms with Gasteiger partial charge in [-0.15, -0.1) is 0 Å². The van der Waals surface area contributed by atoms with Crippen LogP contribution in [0.15, 0.2) is 18.2 Å². The van der Waals surface area contributed by atoms with Gasteiger partial charge >= 0.3 is 0 Å². The van der Waals surface area contributed by atoms with Crippen molar-refractivity contribution >= 4 is 5.91 Å². The minimum atomic E-state index is 0.0332. The minimum Gasteiger partial charge on any atom is -0.497 e. The average Bonchev–Trinajstić information content (AvgIpc) is 3.47. The van der Waals surface area contributed by atoms with Crippen molar-refractivity contribution in [3.05, 3.63) is 23.8 Å². The number of ether oxygens (including phenoxy) is 3. The highest BCUT2D eigenvalue weighted by molar-refractivity contribution is 5.97. The van der Waals surface area contributed by atoms with E-state index in [1.807, 2.05) is 23.1 Å². The maximum Gasteiger partial charge on any atom is 0.257 e. The second-order valence-electron chi connectivity index (χ2n) is 9.01. The maximum atomic E-state index is 13.3. The van der Waals surface area contributed by atoms with Crippen LogP contribution in [0.4, 0.5) is 0 Å². The largest absolute Gasteiger partial charge is 0.497 e. The van der Waals surface area contributed by atoms with Crippen LogP contribution in [-0.4, -0.2) is 74.9 Å². The average molecular weight is 417 g/mol. The standard InChI is InChI=1S/C24H36N2O4/c1-28-17-18-9-12-26(16-18)24(27)22-15-21(29-2)7-8-23(22)30-20-10-13-25(14-11-20)19-5-3-4-6-19/h7-8,15,18-20H,3-6,9-14,16-17H2,1-2H3. The highest BCUT2D eigenvalue weighted by atomic mass is 16.5. The molecule has 1 unspecified atom stereocenters. The number of hydrogen-bond donors (Lipinski definition) is 0. The molecule has 1 saturated carbocycles. The number of benzene rings is 1. The summed E-state index contributed by atoms with van der Waals surface area (Å²) < 4.78 is 17.1. The molecule has 3 fully saturated rings. The van der Waals surface area contributed by atoms with Crippen LogP contribution in [0.25, 0.3) is 0 Å². The van der Waals surface area contributed by atoms with E-state index >= 15 is 0 Å². The fourth-order valence-corrected chi connectivity index (χ4v) is 5.27. The highest BCUT2D eigenvalue weighted by Gasteiger charge is 2.31. The summed E-state index contributed by atoms with van der Waals surface area (Å²) in [5.41, 5.74) is 0.616. The first-order valence-corrected chi connectivity index (χ1v) is 11.5. The molecule has 6 heteroatoms. The van der Waals surface area contributed by atoms with Crippen LogP contribution < -0.4 is 9.47 Å². The number of piperidine rings is 1. The van der Waals surface area contributed by atoms with Crippen LogP contribution in [0.1, 0.15) is 55.3 Å². The van der Waals surface area contributed by atoms with Crippen molar-refractivity contribution < 1.29 is 19.0 Å². The van der Waals surface area contributed by atoms with Gasteiger partial charge in [0.05, 0.1) is 19.3 Å². The molecule has 1 aliphatic carbocycles. The number of likely N-dealkylation sites (tertiary alicyclic amines) is 2. The van der Waals surface area contributed by atoms with E-state index in [2.05, 4.69) is 4.90 Å². The molecular formula is C24H36N2O4. The molecule has 0 N–H and O–H groups in total. The first kappa shape index (κ1) is 21.4. The van der Waals surface area contributed by atoms with E-state index in [9.17, 15) is 4.79 Å². The van der Waals surface area contributed by atoms with Gasteiger partial charge in [0.15, 0.2) is 0 Å². The lowest BCUT2D eigenvalue weighted by atomic mass is 10.0. The SMILES string of the molecule is COCC1CCN(C(=O)c2cc(OC)ccc2OC2CCN(C3CCCC3)CC2)C1. The van der Waals surface area contributed by atoms with Gasteiger partial charge in [-0.1, -0.05) is 12.8 Å². The molecule has 0 spiro atoms. The smallest absolute Gasteiger partial charge is 0.257 e. The van der Waals surface area contributed by atoms with Crippen molar-refractivity contribution in [3.8, 4) is 11.5 Å². The van der Waals surface area contributed by atoms with Crippen LogP contribution in [0.3, 0.4) is 0 Å². The Kier molecular flexibility index (Phi) is 7.16. The molecule has 30 heavy (non-hydrogen) atoms. The van der Waals surface area contributed by atoms with E-state index in [0.29, 0.717) is 29.6 Å². The number of methoxy groups -OCH3 is 2. The minimum absolute atomic E-state index is 0.0332. The van der Waals surface area contributed by atoms with E-state index in [1.165, 1.54) is 25.7 Å². The van der Waals surface area contributed by atoms with Gasteiger partial charge in [-0.05, 0) is 50.3 Å². The molecule has 1 aromatic carbocycles. The van der Waals surface area contributed by atoms with Gasteiger partial charge < -0.3 is 24.0 Å². The molecule has 1 aromatic rings. The van der Waals surface area contributed by atoms with Crippen LogP contribution in [-0.2, 0) is 4.74 Å². The van der Waals surface area contributed by atoms with Gasteiger partial charge in [0.25, 0.3) is 5.91 Å². The highest BCUT2D eigenvalue weighted by Crippen LogP contribution is 2.31. The summed E-state index contributed by atoms with van der Waals surface area (Å²) >= 11 is 0. The molecule has 1 amide bonds. The Morgan fingerprint density at radius 1 is 1.03 bits per heavy atom. The van der Waals surface area contributed by atoms with Crippen molar-refractivity contribution in [3.63, 3.8) is 0 Å². The summed E-state index contributed by atoms with van der Waals surface area (Å²) in [6.45, 7) is 4.40. The number of carbonyl (C=O) groups excluding carboxylic acids is 1. The second kappa shape index (κ2) is 10.0. The number of nitrogens with zero attached hydrogens (tertiary/aromatic N) is 2. The Hall–Kier alpha value is -1.79. The molecule has 0 aromatic heterocycles. The van der Waals surface area contributed by atoms with E-state index in [0.717, 1.165) is 51.5 Å². The van der Waals surface area contributed by atoms with Crippen molar-refractivity contribution in [2.24, 2.45) is 5.92 Å². The zero-order valence-corrected chi connectivity index (χ0v) is 18.5. The molecule has 4 rings (SSSR count). The fourth-order valence-electron chi connectivity index (χ4n) is 5.27. The monoisotopic (exact) mass is 416 g/mol. The van der Waals surface area contributed by atoms with E-state index in [4.69, 9.17) is 14.2 Å². The zero-order valence-electron chi connectivity index (χ0n) is 18.5. The third kappa shape index (κ3) is 4.92. The molecule has 3 aliphatic rings. The van der Waals surface area contributed by atoms with Crippen molar-refractivity contribution in [2.45, 2.75) is 57.1 Å². The van der Waals surface area contributed by atoms with Gasteiger partial charge in [-0.3, -0.25) is 4.79 Å². The van der Waals surface area contributed by atoms with Gasteiger partial charge in [0.2, 0.25) is 0 Å². The van der Waals surface area contributed by atoms with Crippen molar-refractivity contribution in [1.29, 1.82) is 0 Å². The topological polar surface area (TPSA) is 51.2 Å². The Bertz CT molecular complexity index is 711. The summed E-state index contributed by atoms with van der Waals surface area (Å²) in [4.78, 5) is 17.9. The van der Waals surface area contributed by atoms with E-state index < -0.39 is 0 Å². The Labute approximate surface area is 180 Å². The molecular weight excluding hydrogens is 380 g/mol. The molecule has 0 bridgehead atoms. The van der Waals surface area contributed by atoms with Crippen LogP contribution in [0.2, 0.25) is 0 Å². The molecule has 6 nitrogen and oxygen atoms in total. The molecule has 1 atom stereocenters. The molecule has 0 radical (unpaired) electrons. The number of rotatable bonds is 7. The zero-order chi connectivity index (χ0) is 20.9. The van der Waals surface area contributed by atoms with Gasteiger partial charge in [-0.2, -0.15) is 0 Å². The number of carbonyl (C=O) groups is 1. The predicted molar refractivity (Wildman–Crippen MR) is 116 cm³/mol. The summed E-state index contributed by atoms with van der Waals surface area (Å²) in [5.74, 6) is 1.82. The number of amides is 1. The third-order valence-electron chi connectivity index (χ3n) is 7.00. The quantitative estimate of drug-likeness (QED) is 0.680. The lowest BCUT2D eigenvalue weighted by Crippen LogP contribution is -2.43. The summed E-state index contributed by atoms with van der Waals surface area (Å²) in [6.07, 6.45) is 8.65. The second-order valence-corrected chi connectivity index (χ2v) is 9.01. The molecule has 166 valence electrons. The van der Waals surface area contributed by atoms with Crippen molar-refractivity contribution in [1.82, 2.24) is 9.80 Å². The Balaban J connectivity index is 1.41. The molecule has 2 saturated heterocycles. The maximum absolute atomic E-state index is 13.3. The van der Waals surface area contributed by atoms with Crippen LogP contribution in [0, 0.1) is 5.92 Å². The predicted octanol–water partition coefficient (Wildman–Crippen LogP) is 3.59. The normalized spacial score (nSPS) is 23.8. The first-order valence-electron chi connectivity index (χ1n) is 11.5. The molecule has 2 aliphatic heterocycles. The fraction of sp³-hybridized carbons (Fsp3) is 0.708. The Morgan fingerprint density at radius 3 is 2.50 bits per heavy atom. The summed E-state index contributed by atoms with van der Waals surface area (Å²) in [5, 5.41) is 0. The molecule has 2 heterocycles.